The number of imidazole rings is 1. The lowest BCUT2D eigenvalue weighted by molar-refractivity contribution is 0.199. The van der Waals surface area contributed by atoms with Crippen molar-refractivity contribution in [2.24, 2.45) is 0 Å². The first-order valence-corrected chi connectivity index (χ1v) is 9.94. The van der Waals surface area contributed by atoms with Crippen LogP contribution in [0.3, 0.4) is 0 Å². The van der Waals surface area contributed by atoms with Gasteiger partial charge in [-0.1, -0.05) is 13.3 Å². The molecule has 0 unspecified atom stereocenters. The van der Waals surface area contributed by atoms with Crippen molar-refractivity contribution in [2.75, 3.05) is 31.0 Å². The number of pyridine rings is 1. The van der Waals surface area contributed by atoms with Gasteiger partial charge in [0.15, 0.2) is 5.82 Å². The van der Waals surface area contributed by atoms with Gasteiger partial charge in [0.2, 0.25) is 0 Å². The van der Waals surface area contributed by atoms with Gasteiger partial charge in [0.1, 0.15) is 11.3 Å². The minimum Gasteiger partial charge on any atom is -0.384 e. The standard InChI is InChI=1S/C18H30N4OS/c1-5-6-11-24-12-7-9-22-15(8-10-23-4)21-16-17(22)13(2)14(3)20-18(16)19/h5-12H2,1-4H3,(H2,19,20). The Labute approximate surface area is 149 Å². The topological polar surface area (TPSA) is 66.0 Å². The number of aryl methyl sites for hydroxylation is 3. The quantitative estimate of drug-likeness (QED) is 0.661. The number of nitrogens with two attached hydrogens (primary N) is 1. The van der Waals surface area contributed by atoms with Crippen LogP contribution in [0.4, 0.5) is 5.82 Å². The summed E-state index contributed by atoms with van der Waals surface area (Å²) < 4.78 is 7.58. The number of anilines is 1. The number of hydrogen-bond donors (Lipinski definition) is 1. The van der Waals surface area contributed by atoms with E-state index in [0.29, 0.717) is 12.4 Å². The molecule has 5 nitrogen and oxygen atoms in total. The molecule has 0 fully saturated rings. The van der Waals surface area contributed by atoms with Crippen LogP contribution in [-0.4, -0.2) is 39.8 Å². The third-order valence-electron chi connectivity index (χ3n) is 4.32. The van der Waals surface area contributed by atoms with Gasteiger partial charge in [0.05, 0.1) is 12.1 Å². The van der Waals surface area contributed by atoms with E-state index in [9.17, 15) is 0 Å². The Morgan fingerprint density at radius 1 is 1.17 bits per heavy atom. The van der Waals surface area contributed by atoms with Gasteiger partial charge in [0.25, 0.3) is 0 Å². The zero-order valence-corrected chi connectivity index (χ0v) is 16.2. The van der Waals surface area contributed by atoms with Gasteiger partial charge in [-0.25, -0.2) is 9.97 Å². The van der Waals surface area contributed by atoms with Gasteiger partial charge < -0.3 is 15.0 Å². The molecule has 0 saturated heterocycles. The summed E-state index contributed by atoms with van der Waals surface area (Å²) in [6.07, 6.45) is 4.51. The molecular weight excluding hydrogens is 320 g/mol. The molecule has 0 aromatic carbocycles. The monoisotopic (exact) mass is 350 g/mol. The fraction of sp³-hybridized carbons (Fsp3) is 0.667. The number of unbranched alkanes of at least 4 members (excludes halogenated alkanes) is 1. The Bertz CT molecular complexity index is 669. The molecule has 0 atom stereocenters. The Kier molecular flexibility index (Phi) is 7.37. The summed E-state index contributed by atoms with van der Waals surface area (Å²) in [5.74, 6) is 4.02. The number of ether oxygens (including phenoxy) is 1. The SMILES string of the molecule is CCCCSCCCn1c(CCOC)nc2c(N)nc(C)c(C)c21. The third-order valence-corrected chi connectivity index (χ3v) is 5.47. The lowest BCUT2D eigenvalue weighted by Crippen LogP contribution is -2.09. The summed E-state index contributed by atoms with van der Waals surface area (Å²) >= 11 is 2.04. The number of methoxy groups -OCH3 is 1. The van der Waals surface area contributed by atoms with Gasteiger partial charge in [0, 0.05) is 25.8 Å². The third kappa shape index (κ3) is 4.42. The molecule has 0 amide bonds. The molecule has 24 heavy (non-hydrogen) atoms. The second kappa shape index (κ2) is 9.28. The minimum atomic E-state index is 0.530. The first kappa shape index (κ1) is 19.1. The van der Waals surface area contributed by atoms with Crippen LogP contribution in [0, 0.1) is 13.8 Å². The van der Waals surface area contributed by atoms with Crippen molar-refractivity contribution in [3.63, 3.8) is 0 Å². The van der Waals surface area contributed by atoms with Gasteiger partial charge in [-0.3, -0.25) is 0 Å². The molecule has 2 rings (SSSR count). The molecule has 0 aliphatic heterocycles. The summed E-state index contributed by atoms with van der Waals surface area (Å²) in [7, 11) is 1.72. The molecule has 0 bridgehead atoms. The van der Waals surface area contributed by atoms with Crippen molar-refractivity contribution in [1.29, 1.82) is 0 Å². The number of hydrogen-bond acceptors (Lipinski definition) is 5. The van der Waals surface area contributed by atoms with Gasteiger partial charge in [-0.15, -0.1) is 0 Å². The van der Waals surface area contributed by atoms with E-state index < -0.39 is 0 Å². The number of thioether (sulfide) groups is 1. The van der Waals surface area contributed by atoms with E-state index in [0.717, 1.165) is 41.9 Å². The molecule has 6 heteroatoms. The number of nitrogens with zero attached hydrogens (tertiary/aromatic N) is 3. The maximum Gasteiger partial charge on any atom is 0.151 e. The highest BCUT2D eigenvalue weighted by molar-refractivity contribution is 7.99. The van der Waals surface area contributed by atoms with Gasteiger partial charge in [-0.2, -0.15) is 11.8 Å². The molecule has 134 valence electrons. The van der Waals surface area contributed by atoms with Crippen molar-refractivity contribution in [3.8, 4) is 0 Å². The lowest BCUT2D eigenvalue weighted by Gasteiger charge is -2.11. The molecule has 2 heterocycles. The van der Waals surface area contributed by atoms with Crippen LogP contribution in [0.1, 0.15) is 43.3 Å². The van der Waals surface area contributed by atoms with Crippen LogP contribution >= 0.6 is 11.8 Å². The van der Waals surface area contributed by atoms with E-state index in [1.165, 1.54) is 29.9 Å². The number of aromatic nitrogens is 3. The molecule has 0 saturated carbocycles. The number of nitrogen functional groups attached to an aromatic ring is 1. The number of fused-ring (bicyclic) bond motifs is 1. The Balaban J connectivity index is 2.23. The maximum atomic E-state index is 6.12. The molecule has 0 spiro atoms. The summed E-state index contributed by atoms with van der Waals surface area (Å²) in [6, 6.07) is 0. The first-order chi connectivity index (χ1) is 11.6. The molecule has 0 aliphatic carbocycles. The van der Waals surface area contributed by atoms with E-state index in [4.69, 9.17) is 15.5 Å². The molecule has 0 radical (unpaired) electrons. The summed E-state index contributed by atoms with van der Waals surface area (Å²) in [4.78, 5) is 9.20. The lowest BCUT2D eigenvalue weighted by atomic mass is 10.2. The average Bonchev–Trinajstić information content (AvgIpc) is 2.93. The maximum absolute atomic E-state index is 6.12. The average molecular weight is 351 g/mol. The van der Waals surface area contributed by atoms with Gasteiger partial charge in [-0.05, 0) is 43.8 Å². The Morgan fingerprint density at radius 3 is 2.62 bits per heavy atom. The summed E-state index contributed by atoms with van der Waals surface area (Å²) in [6.45, 7) is 8.00. The van der Waals surface area contributed by atoms with Crippen LogP contribution in [0.2, 0.25) is 0 Å². The predicted molar refractivity (Wildman–Crippen MR) is 104 cm³/mol. The molecule has 2 N–H and O–H groups in total. The minimum absolute atomic E-state index is 0.530. The van der Waals surface area contributed by atoms with Crippen LogP contribution in [-0.2, 0) is 17.7 Å². The fourth-order valence-electron chi connectivity index (χ4n) is 2.84. The molecule has 0 aliphatic rings. The molecule has 2 aromatic heterocycles. The van der Waals surface area contributed by atoms with Gasteiger partial charge >= 0.3 is 0 Å². The van der Waals surface area contributed by atoms with E-state index >= 15 is 0 Å². The van der Waals surface area contributed by atoms with Crippen molar-refractivity contribution in [1.82, 2.24) is 14.5 Å². The molecule has 2 aromatic rings. The summed E-state index contributed by atoms with van der Waals surface area (Å²) in [5, 5.41) is 0. The largest absolute Gasteiger partial charge is 0.384 e. The zero-order chi connectivity index (χ0) is 17.5. The Morgan fingerprint density at radius 2 is 1.92 bits per heavy atom. The zero-order valence-electron chi connectivity index (χ0n) is 15.4. The van der Waals surface area contributed by atoms with Crippen LogP contribution in [0.25, 0.3) is 11.0 Å². The van der Waals surface area contributed by atoms with Crippen molar-refractivity contribution >= 4 is 28.6 Å². The second-order valence-electron chi connectivity index (χ2n) is 6.15. The summed E-state index contributed by atoms with van der Waals surface area (Å²) in [5.41, 5.74) is 10.3. The van der Waals surface area contributed by atoms with Crippen LogP contribution in [0.15, 0.2) is 0 Å². The van der Waals surface area contributed by atoms with E-state index in [2.05, 4.69) is 23.4 Å². The van der Waals surface area contributed by atoms with Crippen molar-refractivity contribution < 1.29 is 4.74 Å². The Hall–Kier alpha value is -1.27. The fourth-order valence-corrected chi connectivity index (χ4v) is 3.88. The molecular formula is C18H30N4OS. The van der Waals surface area contributed by atoms with E-state index in [1.54, 1.807) is 7.11 Å². The normalized spacial score (nSPS) is 11.5. The predicted octanol–water partition coefficient (Wildman–Crippen LogP) is 3.74. The highest BCUT2D eigenvalue weighted by Gasteiger charge is 2.17. The van der Waals surface area contributed by atoms with E-state index in [1.807, 2.05) is 18.7 Å². The highest BCUT2D eigenvalue weighted by atomic mass is 32.2. The van der Waals surface area contributed by atoms with Crippen molar-refractivity contribution in [3.05, 3.63) is 17.1 Å². The van der Waals surface area contributed by atoms with Crippen LogP contribution in [0.5, 0.6) is 0 Å². The second-order valence-corrected chi connectivity index (χ2v) is 7.37. The van der Waals surface area contributed by atoms with Crippen LogP contribution < -0.4 is 5.73 Å². The first-order valence-electron chi connectivity index (χ1n) is 8.78. The van der Waals surface area contributed by atoms with E-state index in [-0.39, 0.29) is 0 Å². The highest BCUT2D eigenvalue weighted by Crippen LogP contribution is 2.26. The van der Waals surface area contributed by atoms with Crippen molar-refractivity contribution in [2.45, 2.75) is 53.0 Å². The number of rotatable bonds is 10. The smallest absolute Gasteiger partial charge is 0.151 e.